The highest BCUT2D eigenvalue weighted by Crippen LogP contribution is 2.38. The van der Waals surface area contributed by atoms with E-state index in [2.05, 4.69) is 5.32 Å². The zero-order chi connectivity index (χ0) is 13.5. The van der Waals surface area contributed by atoms with Gasteiger partial charge >= 0.3 is 0 Å². The Kier molecular flexibility index (Phi) is 4.16. The first-order chi connectivity index (χ1) is 9.10. The molecule has 2 aliphatic rings. The molecule has 1 N–H and O–H groups in total. The second kappa shape index (κ2) is 5.54. The van der Waals surface area contributed by atoms with E-state index >= 15 is 0 Å². The first-order valence-corrected chi connectivity index (χ1v) is 6.68. The Morgan fingerprint density at radius 2 is 2.00 bits per heavy atom. The molecule has 0 aromatic heterocycles. The Labute approximate surface area is 124 Å². The second-order valence-corrected chi connectivity index (χ2v) is 5.40. The van der Waals surface area contributed by atoms with Crippen molar-refractivity contribution in [3.05, 3.63) is 29.3 Å². The third-order valence-corrected chi connectivity index (χ3v) is 4.01. The summed E-state index contributed by atoms with van der Waals surface area (Å²) in [6.07, 6.45) is 2.12. The summed E-state index contributed by atoms with van der Waals surface area (Å²) in [7, 11) is 0. The number of nitrogens with one attached hydrogen (secondary N) is 1. The summed E-state index contributed by atoms with van der Waals surface area (Å²) in [5.41, 5.74) is 0.830. The average molecular weight is 296 g/mol. The first-order valence-electron chi connectivity index (χ1n) is 6.68. The minimum Gasteiger partial charge on any atom is -0.486 e. The number of ether oxygens (including phenoxy) is 1. The van der Waals surface area contributed by atoms with Crippen LogP contribution in [-0.4, -0.2) is 30.3 Å². The fourth-order valence-corrected chi connectivity index (χ4v) is 2.87. The molecule has 1 saturated heterocycles. The van der Waals surface area contributed by atoms with Crippen LogP contribution in [0, 0.1) is 0 Å². The topological polar surface area (TPSA) is 55.4 Å². The minimum atomic E-state index is -0.370. The van der Waals surface area contributed by atoms with Crippen LogP contribution in [0.1, 0.15) is 46.9 Å². The van der Waals surface area contributed by atoms with Crippen LogP contribution in [0.4, 0.5) is 0 Å². The van der Waals surface area contributed by atoms with Crippen molar-refractivity contribution in [3.63, 3.8) is 0 Å². The SMILES string of the molecule is CC(=O)c1ccc2c(c1)OC1(CCNCC1)CC2=O.Cl. The normalized spacial score (nSPS) is 19.8. The molecule has 108 valence electrons. The third-order valence-electron chi connectivity index (χ3n) is 4.01. The van der Waals surface area contributed by atoms with E-state index in [4.69, 9.17) is 4.74 Å². The fourth-order valence-electron chi connectivity index (χ4n) is 2.87. The highest BCUT2D eigenvalue weighted by molar-refractivity contribution is 6.02. The molecular formula is C15H18ClNO3. The van der Waals surface area contributed by atoms with Crippen LogP contribution in [0.15, 0.2) is 18.2 Å². The van der Waals surface area contributed by atoms with Gasteiger partial charge in [0.15, 0.2) is 11.6 Å². The number of fused-ring (bicyclic) bond motifs is 1. The number of hydrogen-bond donors (Lipinski definition) is 1. The van der Waals surface area contributed by atoms with Gasteiger partial charge in [0.25, 0.3) is 0 Å². The molecule has 0 amide bonds. The van der Waals surface area contributed by atoms with Gasteiger partial charge in [-0.25, -0.2) is 0 Å². The van der Waals surface area contributed by atoms with Gasteiger partial charge in [-0.1, -0.05) is 6.07 Å². The van der Waals surface area contributed by atoms with Gasteiger partial charge in [0, 0.05) is 18.4 Å². The molecule has 2 aliphatic heterocycles. The van der Waals surface area contributed by atoms with E-state index in [1.165, 1.54) is 6.92 Å². The highest BCUT2D eigenvalue weighted by atomic mass is 35.5. The predicted molar refractivity (Wildman–Crippen MR) is 78.1 cm³/mol. The zero-order valence-electron chi connectivity index (χ0n) is 11.4. The Morgan fingerprint density at radius 3 is 2.65 bits per heavy atom. The summed E-state index contributed by atoms with van der Waals surface area (Å²) in [4.78, 5) is 23.7. The van der Waals surface area contributed by atoms with Crippen molar-refractivity contribution in [1.29, 1.82) is 0 Å². The zero-order valence-corrected chi connectivity index (χ0v) is 12.2. The predicted octanol–water partition coefficient (Wildman–Crippen LogP) is 2.40. The number of halogens is 1. The Balaban J connectivity index is 0.00000147. The van der Waals surface area contributed by atoms with Crippen LogP contribution < -0.4 is 10.1 Å². The van der Waals surface area contributed by atoms with Crippen LogP contribution in [0.5, 0.6) is 5.75 Å². The molecular weight excluding hydrogens is 278 g/mol. The van der Waals surface area contributed by atoms with Crippen LogP contribution in [0.25, 0.3) is 0 Å². The Morgan fingerprint density at radius 1 is 1.30 bits per heavy atom. The van der Waals surface area contributed by atoms with E-state index in [0.717, 1.165) is 25.9 Å². The van der Waals surface area contributed by atoms with Crippen molar-refractivity contribution < 1.29 is 14.3 Å². The first kappa shape index (κ1) is 15.0. The van der Waals surface area contributed by atoms with Crippen LogP contribution in [0.2, 0.25) is 0 Å². The molecule has 1 aromatic rings. The van der Waals surface area contributed by atoms with Gasteiger partial charge in [-0.3, -0.25) is 9.59 Å². The molecule has 1 fully saturated rings. The lowest BCUT2D eigenvalue weighted by atomic mass is 9.83. The van der Waals surface area contributed by atoms with Gasteiger partial charge in [0.1, 0.15) is 11.4 Å². The largest absolute Gasteiger partial charge is 0.486 e. The van der Waals surface area contributed by atoms with Crippen molar-refractivity contribution in [2.24, 2.45) is 0 Å². The standard InChI is InChI=1S/C15H17NO3.ClH/c1-10(17)11-2-3-12-13(18)9-15(19-14(12)8-11)4-6-16-7-5-15;/h2-3,8,16H,4-7,9H2,1H3;1H. The lowest BCUT2D eigenvalue weighted by Crippen LogP contribution is -2.49. The van der Waals surface area contributed by atoms with E-state index in [0.29, 0.717) is 23.3 Å². The molecule has 0 radical (unpaired) electrons. The van der Waals surface area contributed by atoms with Gasteiger partial charge in [-0.2, -0.15) is 0 Å². The van der Waals surface area contributed by atoms with E-state index < -0.39 is 0 Å². The molecule has 0 aliphatic carbocycles. The summed E-state index contributed by atoms with van der Waals surface area (Å²) in [6.45, 7) is 3.26. The molecule has 0 atom stereocenters. The molecule has 4 nitrogen and oxygen atoms in total. The van der Waals surface area contributed by atoms with Crippen LogP contribution >= 0.6 is 12.4 Å². The monoisotopic (exact) mass is 295 g/mol. The van der Waals surface area contributed by atoms with Crippen LogP contribution in [0.3, 0.4) is 0 Å². The Bertz CT molecular complexity index is 550. The number of rotatable bonds is 1. The molecule has 0 saturated carbocycles. The minimum absolute atomic E-state index is 0. The summed E-state index contributed by atoms with van der Waals surface area (Å²) >= 11 is 0. The lowest BCUT2D eigenvalue weighted by molar-refractivity contribution is 0.0186. The maximum Gasteiger partial charge on any atom is 0.170 e. The van der Waals surface area contributed by atoms with Crippen molar-refractivity contribution in [2.75, 3.05) is 13.1 Å². The third kappa shape index (κ3) is 2.58. The van der Waals surface area contributed by atoms with E-state index in [-0.39, 0.29) is 29.6 Å². The Hall–Kier alpha value is -1.39. The van der Waals surface area contributed by atoms with Crippen LogP contribution in [-0.2, 0) is 0 Å². The lowest BCUT2D eigenvalue weighted by Gasteiger charge is -2.40. The van der Waals surface area contributed by atoms with Crippen molar-refractivity contribution in [1.82, 2.24) is 5.32 Å². The molecule has 20 heavy (non-hydrogen) atoms. The van der Waals surface area contributed by atoms with Gasteiger partial charge in [-0.05, 0) is 32.1 Å². The number of carbonyl (C=O) groups excluding carboxylic acids is 2. The number of ketones is 2. The van der Waals surface area contributed by atoms with Gasteiger partial charge < -0.3 is 10.1 Å². The number of carbonyl (C=O) groups is 2. The van der Waals surface area contributed by atoms with E-state index in [1.807, 2.05) is 0 Å². The molecule has 1 aromatic carbocycles. The van der Waals surface area contributed by atoms with Gasteiger partial charge in [0.2, 0.25) is 0 Å². The highest BCUT2D eigenvalue weighted by Gasteiger charge is 2.41. The quantitative estimate of drug-likeness (QED) is 0.808. The molecule has 0 unspecified atom stereocenters. The molecule has 5 heteroatoms. The number of piperidine rings is 1. The number of benzene rings is 1. The summed E-state index contributed by atoms with van der Waals surface area (Å²) < 4.78 is 6.11. The maximum absolute atomic E-state index is 12.3. The fraction of sp³-hybridized carbons (Fsp3) is 0.467. The summed E-state index contributed by atoms with van der Waals surface area (Å²) in [5, 5.41) is 3.28. The molecule has 2 heterocycles. The average Bonchev–Trinajstić information content (AvgIpc) is 2.38. The van der Waals surface area contributed by atoms with Crippen molar-refractivity contribution >= 4 is 24.0 Å². The molecule has 1 spiro atoms. The van der Waals surface area contributed by atoms with Crippen molar-refractivity contribution in [2.45, 2.75) is 31.8 Å². The maximum atomic E-state index is 12.3. The van der Waals surface area contributed by atoms with E-state index in [9.17, 15) is 9.59 Å². The smallest absolute Gasteiger partial charge is 0.170 e. The van der Waals surface area contributed by atoms with Gasteiger partial charge in [0.05, 0.1) is 12.0 Å². The van der Waals surface area contributed by atoms with E-state index in [1.54, 1.807) is 18.2 Å². The number of hydrogen-bond acceptors (Lipinski definition) is 4. The number of Topliss-reactive ketones (excluding diaryl/α,β-unsaturated/α-hetero) is 2. The summed E-state index contributed by atoms with van der Waals surface area (Å²) in [6, 6.07) is 5.11. The molecule has 0 bridgehead atoms. The van der Waals surface area contributed by atoms with Gasteiger partial charge in [-0.15, -0.1) is 12.4 Å². The summed E-state index contributed by atoms with van der Waals surface area (Å²) in [5.74, 6) is 0.688. The molecule has 3 rings (SSSR count). The second-order valence-electron chi connectivity index (χ2n) is 5.40. The van der Waals surface area contributed by atoms with Crippen molar-refractivity contribution in [3.8, 4) is 5.75 Å².